The lowest BCUT2D eigenvalue weighted by molar-refractivity contribution is -0.142. The molecule has 0 saturated carbocycles. The van der Waals surface area contributed by atoms with Gasteiger partial charge in [-0.25, -0.2) is 0 Å². The minimum absolute atomic E-state index is 0.132. The van der Waals surface area contributed by atoms with Gasteiger partial charge >= 0.3 is 5.97 Å². The van der Waals surface area contributed by atoms with Gasteiger partial charge in [-0.3, -0.25) is 9.59 Å². The lowest BCUT2D eigenvalue weighted by Gasteiger charge is -2.16. The Bertz CT molecular complexity index is 1050. The Morgan fingerprint density at radius 3 is 2.22 bits per heavy atom. The number of rotatable bonds is 3. The number of hydrogen-bond donors (Lipinski definition) is 0. The molecule has 0 aliphatic carbocycles. The first kappa shape index (κ1) is 18.7. The highest BCUT2D eigenvalue weighted by Crippen LogP contribution is 2.28. The molecule has 3 rings (SSSR count). The third kappa shape index (κ3) is 3.72. The van der Waals surface area contributed by atoms with E-state index in [-0.39, 0.29) is 11.4 Å². The van der Waals surface area contributed by atoms with Crippen LogP contribution in [-0.4, -0.2) is 13.1 Å². The number of hydrogen-bond acceptors (Lipinski definition) is 5. The van der Waals surface area contributed by atoms with Gasteiger partial charge in [-0.15, -0.1) is 0 Å². The fraction of sp³-hybridized carbons (Fsp3) is 0.273. The molecule has 2 aromatic carbocycles. The number of carbonyl (C=O) groups excluding carboxylic acids is 1. The van der Waals surface area contributed by atoms with Gasteiger partial charge in [0.1, 0.15) is 22.8 Å². The quantitative estimate of drug-likeness (QED) is 0.495. The molecular formula is C22H22O5. The lowest BCUT2D eigenvalue weighted by Crippen LogP contribution is -2.25. The van der Waals surface area contributed by atoms with Crippen molar-refractivity contribution < 1.29 is 18.7 Å². The molecule has 0 amide bonds. The first-order valence-corrected chi connectivity index (χ1v) is 8.65. The third-order valence-electron chi connectivity index (χ3n) is 4.24. The van der Waals surface area contributed by atoms with Crippen LogP contribution in [0.15, 0.2) is 51.7 Å². The van der Waals surface area contributed by atoms with Crippen molar-refractivity contribution in [1.29, 1.82) is 0 Å². The average Bonchev–Trinajstić information content (AvgIpc) is 2.61. The summed E-state index contributed by atoms with van der Waals surface area (Å²) in [5.74, 6) is 1.21. The van der Waals surface area contributed by atoms with Crippen molar-refractivity contribution in [2.75, 3.05) is 7.11 Å². The summed E-state index contributed by atoms with van der Waals surface area (Å²) in [4.78, 5) is 25.1. The smallest absolute Gasteiger partial charge is 0.316 e. The molecule has 0 unspecified atom stereocenters. The Balaban J connectivity index is 2.06. The number of methoxy groups -OCH3 is 1. The molecule has 0 atom stereocenters. The molecule has 27 heavy (non-hydrogen) atoms. The highest BCUT2D eigenvalue weighted by molar-refractivity contribution is 5.85. The first-order valence-electron chi connectivity index (χ1n) is 8.65. The molecule has 1 aromatic heterocycles. The topological polar surface area (TPSA) is 65.7 Å². The maximum Gasteiger partial charge on any atom is 0.316 e. The van der Waals surface area contributed by atoms with Crippen LogP contribution in [0.2, 0.25) is 0 Å². The summed E-state index contributed by atoms with van der Waals surface area (Å²) >= 11 is 0. The number of carbonyl (C=O) groups is 1. The van der Waals surface area contributed by atoms with Crippen LogP contribution < -0.4 is 14.9 Å². The van der Waals surface area contributed by atoms with Gasteiger partial charge in [0, 0.05) is 6.07 Å². The van der Waals surface area contributed by atoms with Crippen LogP contribution >= 0.6 is 0 Å². The van der Waals surface area contributed by atoms with Crippen LogP contribution in [0.5, 0.6) is 11.5 Å². The number of benzene rings is 2. The van der Waals surface area contributed by atoms with Gasteiger partial charge < -0.3 is 13.9 Å². The molecule has 0 aliphatic rings. The number of aryl methyl sites for hydroxylation is 1. The van der Waals surface area contributed by atoms with Crippen molar-refractivity contribution in [1.82, 2.24) is 0 Å². The molecule has 0 saturated heterocycles. The van der Waals surface area contributed by atoms with Crippen molar-refractivity contribution in [3.63, 3.8) is 0 Å². The first-order chi connectivity index (χ1) is 12.7. The molecule has 1 heterocycles. The summed E-state index contributed by atoms with van der Waals surface area (Å²) in [6, 6.07) is 12.0. The lowest BCUT2D eigenvalue weighted by atomic mass is 9.97. The van der Waals surface area contributed by atoms with Crippen molar-refractivity contribution in [2.24, 2.45) is 5.41 Å². The Morgan fingerprint density at radius 2 is 1.63 bits per heavy atom. The van der Waals surface area contributed by atoms with E-state index in [1.165, 1.54) is 0 Å². The van der Waals surface area contributed by atoms with E-state index in [1.807, 2.05) is 12.1 Å². The fourth-order valence-corrected chi connectivity index (χ4v) is 2.70. The third-order valence-corrected chi connectivity index (χ3v) is 4.24. The van der Waals surface area contributed by atoms with Crippen LogP contribution in [0.25, 0.3) is 22.1 Å². The van der Waals surface area contributed by atoms with Gasteiger partial charge in [0.05, 0.1) is 23.5 Å². The van der Waals surface area contributed by atoms with Gasteiger partial charge in [0.25, 0.3) is 0 Å². The maximum absolute atomic E-state index is 13.0. The van der Waals surface area contributed by atoms with Crippen LogP contribution in [0.1, 0.15) is 26.5 Å². The van der Waals surface area contributed by atoms with E-state index in [0.29, 0.717) is 33.8 Å². The van der Waals surface area contributed by atoms with Crippen LogP contribution in [0.3, 0.4) is 0 Å². The monoisotopic (exact) mass is 366 g/mol. The normalized spacial score (nSPS) is 11.4. The predicted octanol–water partition coefficient (Wildman–Crippen LogP) is 4.73. The summed E-state index contributed by atoms with van der Waals surface area (Å²) in [5.41, 5.74) is 0.891. The molecule has 0 aliphatic heterocycles. The number of esters is 1. The van der Waals surface area contributed by atoms with E-state index in [9.17, 15) is 9.59 Å². The van der Waals surface area contributed by atoms with Gasteiger partial charge in [-0.05, 0) is 57.5 Å². The molecule has 0 fully saturated rings. The zero-order valence-electron chi connectivity index (χ0n) is 16.1. The average molecular weight is 366 g/mol. The minimum Gasteiger partial charge on any atom is -0.497 e. The highest BCUT2D eigenvalue weighted by Gasteiger charge is 2.24. The number of fused-ring (bicyclic) bond motifs is 1. The van der Waals surface area contributed by atoms with Gasteiger partial charge in [-0.1, -0.05) is 12.1 Å². The summed E-state index contributed by atoms with van der Waals surface area (Å²) in [6.45, 7) is 7.08. The molecule has 0 radical (unpaired) electrons. The molecule has 0 spiro atoms. The zero-order valence-corrected chi connectivity index (χ0v) is 16.1. The summed E-state index contributed by atoms with van der Waals surface area (Å²) in [5, 5.41) is 0.432. The largest absolute Gasteiger partial charge is 0.497 e. The van der Waals surface area contributed by atoms with Gasteiger partial charge in [0.15, 0.2) is 0 Å². The zero-order chi connectivity index (χ0) is 19.8. The summed E-state index contributed by atoms with van der Waals surface area (Å²) in [7, 11) is 1.59. The SMILES string of the molecule is COc1ccc(-c2c(C)oc3cc(OC(=O)C(C)(C)C)ccc3c2=O)cc1. The fourth-order valence-electron chi connectivity index (χ4n) is 2.70. The van der Waals surface area contributed by atoms with Crippen molar-refractivity contribution >= 4 is 16.9 Å². The van der Waals surface area contributed by atoms with E-state index < -0.39 is 5.41 Å². The Kier molecular flexibility index (Phi) is 4.79. The molecule has 0 N–H and O–H groups in total. The second-order valence-electron chi connectivity index (χ2n) is 7.39. The van der Waals surface area contributed by atoms with Crippen molar-refractivity contribution in [3.05, 3.63) is 58.4 Å². The van der Waals surface area contributed by atoms with Gasteiger partial charge in [0.2, 0.25) is 5.43 Å². The van der Waals surface area contributed by atoms with E-state index in [0.717, 1.165) is 5.56 Å². The molecule has 140 valence electrons. The molecule has 5 nitrogen and oxygen atoms in total. The Morgan fingerprint density at radius 1 is 1.00 bits per heavy atom. The second-order valence-corrected chi connectivity index (χ2v) is 7.39. The van der Waals surface area contributed by atoms with E-state index in [1.54, 1.807) is 65.1 Å². The molecule has 5 heteroatoms. The number of ether oxygens (including phenoxy) is 2. The Hall–Kier alpha value is -3.08. The standard InChI is InChI=1S/C22H22O5/c1-13-19(14-6-8-15(25-5)9-7-14)20(23)17-11-10-16(12-18(17)26-13)27-21(24)22(2,3)4/h6-12H,1-5H3. The Labute approximate surface area is 157 Å². The summed E-state index contributed by atoms with van der Waals surface area (Å²) < 4.78 is 16.4. The van der Waals surface area contributed by atoms with E-state index in [4.69, 9.17) is 13.9 Å². The molecular weight excluding hydrogens is 344 g/mol. The van der Waals surface area contributed by atoms with E-state index in [2.05, 4.69) is 0 Å². The van der Waals surface area contributed by atoms with Crippen LogP contribution in [-0.2, 0) is 4.79 Å². The van der Waals surface area contributed by atoms with E-state index >= 15 is 0 Å². The van der Waals surface area contributed by atoms with Crippen molar-refractivity contribution in [3.8, 4) is 22.6 Å². The van der Waals surface area contributed by atoms with Crippen LogP contribution in [0, 0.1) is 12.3 Å². The summed E-state index contributed by atoms with van der Waals surface area (Å²) in [6.07, 6.45) is 0. The second kappa shape index (κ2) is 6.91. The van der Waals surface area contributed by atoms with Gasteiger partial charge in [-0.2, -0.15) is 0 Å². The highest BCUT2D eigenvalue weighted by atomic mass is 16.5. The van der Waals surface area contributed by atoms with Crippen molar-refractivity contribution in [2.45, 2.75) is 27.7 Å². The molecule has 0 bridgehead atoms. The molecule has 3 aromatic rings. The maximum atomic E-state index is 13.0. The minimum atomic E-state index is -0.621. The van der Waals surface area contributed by atoms with Crippen LogP contribution in [0.4, 0.5) is 0 Å². The predicted molar refractivity (Wildman–Crippen MR) is 104 cm³/mol.